The van der Waals surface area contributed by atoms with Gasteiger partial charge in [-0.15, -0.1) is 0 Å². The molecule has 1 rings (SSSR count). The summed E-state index contributed by atoms with van der Waals surface area (Å²) in [6.45, 7) is 3.84. The third-order valence-electron chi connectivity index (χ3n) is 2.32. The lowest BCUT2D eigenvalue weighted by Gasteiger charge is -2.26. The van der Waals surface area contributed by atoms with E-state index in [2.05, 4.69) is 0 Å². The van der Waals surface area contributed by atoms with Crippen molar-refractivity contribution in [3.8, 4) is 0 Å². The summed E-state index contributed by atoms with van der Waals surface area (Å²) in [5.41, 5.74) is 5.49. The number of rotatable bonds is 4. The molecule has 0 unspecified atom stereocenters. The highest BCUT2D eigenvalue weighted by Crippen LogP contribution is 2.22. The Morgan fingerprint density at radius 2 is 2.15 bits per heavy atom. The van der Waals surface area contributed by atoms with Crippen LogP contribution in [0.25, 0.3) is 0 Å². The molecule has 0 spiro atoms. The average Bonchev–Trinajstić information content (AvgIpc) is 1.91. The number of hydrogen-bond acceptors (Lipinski definition) is 3. The number of ether oxygens (including phenoxy) is 1. The van der Waals surface area contributed by atoms with Gasteiger partial charge in [-0.05, 0) is 39.5 Å². The van der Waals surface area contributed by atoms with E-state index in [9.17, 15) is 4.79 Å². The van der Waals surface area contributed by atoms with Gasteiger partial charge in [-0.3, -0.25) is 4.79 Å². The first-order valence-electron chi connectivity index (χ1n) is 4.96. The Hall–Kier alpha value is -0.570. The first-order valence-corrected chi connectivity index (χ1v) is 4.96. The molecule has 0 radical (unpaired) electrons. The lowest BCUT2D eigenvalue weighted by Crippen LogP contribution is -2.33. The topological polar surface area (TPSA) is 52.3 Å². The van der Waals surface area contributed by atoms with Crippen molar-refractivity contribution >= 4 is 5.97 Å². The van der Waals surface area contributed by atoms with Crippen molar-refractivity contribution < 1.29 is 9.53 Å². The van der Waals surface area contributed by atoms with Gasteiger partial charge in [0.05, 0.1) is 0 Å². The smallest absolute Gasteiger partial charge is 0.306 e. The zero-order valence-corrected chi connectivity index (χ0v) is 8.51. The van der Waals surface area contributed by atoms with Crippen LogP contribution in [0, 0.1) is 0 Å². The van der Waals surface area contributed by atoms with Gasteiger partial charge in [0, 0.05) is 12.0 Å². The molecule has 0 aromatic heterocycles. The average molecular weight is 185 g/mol. The molecule has 0 aromatic rings. The fraction of sp³-hybridized carbons (Fsp3) is 0.900. The second-order valence-corrected chi connectivity index (χ2v) is 4.53. The van der Waals surface area contributed by atoms with Gasteiger partial charge >= 0.3 is 5.97 Å². The number of carbonyl (C=O) groups excluding carboxylic acids is 1. The maximum atomic E-state index is 11.2. The van der Waals surface area contributed by atoms with E-state index in [-0.39, 0.29) is 17.6 Å². The Morgan fingerprint density at radius 1 is 1.54 bits per heavy atom. The lowest BCUT2D eigenvalue weighted by atomic mass is 9.96. The molecule has 3 heteroatoms. The van der Waals surface area contributed by atoms with Crippen molar-refractivity contribution in [2.75, 3.05) is 0 Å². The molecule has 0 aromatic carbocycles. The maximum absolute atomic E-state index is 11.2. The molecule has 1 aliphatic rings. The fourth-order valence-corrected chi connectivity index (χ4v) is 1.16. The molecule has 3 nitrogen and oxygen atoms in total. The number of esters is 1. The minimum absolute atomic E-state index is 0.0942. The Kier molecular flexibility index (Phi) is 3.31. The molecule has 1 aliphatic carbocycles. The van der Waals surface area contributed by atoms with Crippen molar-refractivity contribution in [3.05, 3.63) is 0 Å². The Balaban J connectivity index is 2.10. The molecule has 1 fully saturated rings. The van der Waals surface area contributed by atoms with Crippen molar-refractivity contribution in [2.24, 2.45) is 5.73 Å². The monoisotopic (exact) mass is 185 g/mol. The third kappa shape index (κ3) is 4.27. The minimum atomic E-state index is -0.265. The molecule has 0 amide bonds. The van der Waals surface area contributed by atoms with Crippen molar-refractivity contribution in [1.82, 2.24) is 0 Å². The van der Waals surface area contributed by atoms with Crippen LogP contribution < -0.4 is 5.73 Å². The van der Waals surface area contributed by atoms with Gasteiger partial charge in [0.15, 0.2) is 0 Å². The van der Waals surface area contributed by atoms with Crippen LogP contribution in [0.15, 0.2) is 0 Å². The molecule has 13 heavy (non-hydrogen) atoms. The summed E-state index contributed by atoms with van der Waals surface area (Å²) in [5, 5.41) is 0. The van der Waals surface area contributed by atoms with Gasteiger partial charge in [-0.1, -0.05) is 0 Å². The molecule has 2 N–H and O–H groups in total. The summed E-state index contributed by atoms with van der Waals surface area (Å²) < 4.78 is 5.19. The summed E-state index contributed by atoms with van der Waals surface area (Å²) in [6, 6.07) is 0. The summed E-state index contributed by atoms with van der Waals surface area (Å²) in [5.74, 6) is -0.0942. The van der Waals surface area contributed by atoms with E-state index in [1.807, 2.05) is 13.8 Å². The van der Waals surface area contributed by atoms with E-state index in [1.165, 1.54) is 6.42 Å². The SMILES string of the molecule is CC(C)(N)CCC(=O)OC1CCC1. The summed E-state index contributed by atoms with van der Waals surface area (Å²) in [4.78, 5) is 11.2. The lowest BCUT2D eigenvalue weighted by molar-refractivity contribution is -0.153. The largest absolute Gasteiger partial charge is 0.462 e. The quantitative estimate of drug-likeness (QED) is 0.677. The minimum Gasteiger partial charge on any atom is -0.462 e. The van der Waals surface area contributed by atoms with Crippen molar-refractivity contribution in [2.45, 2.75) is 57.6 Å². The number of carbonyl (C=O) groups is 1. The van der Waals surface area contributed by atoms with E-state index in [4.69, 9.17) is 10.5 Å². The Morgan fingerprint density at radius 3 is 2.54 bits per heavy atom. The fourth-order valence-electron chi connectivity index (χ4n) is 1.16. The normalized spacial score (nSPS) is 18.1. The Bertz CT molecular complexity index is 180. The maximum Gasteiger partial charge on any atom is 0.306 e. The highest BCUT2D eigenvalue weighted by molar-refractivity contribution is 5.69. The molecular weight excluding hydrogens is 166 g/mol. The zero-order chi connectivity index (χ0) is 9.90. The summed E-state index contributed by atoms with van der Waals surface area (Å²) >= 11 is 0. The van der Waals surface area contributed by atoms with Crippen LogP contribution in [0.1, 0.15) is 46.0 Å². The van der Waals surface area contributed by atoms with Gasteiger partial charge in [0.2, 0.25) is 0 Å². The molecule has 0 saturated heterocycles. The van der Waals surface area contributed by atoms with Crippen LogP contribution in [-0.2, 0) is 9.53 Å². The van der Waals surface area contributed by atoms with Crippen molar-refractivity contribution in [3.63, 3.8) is 0 Å². The highest BCUT2D eigenvalue weighted by Gasteiger charge is 2.22. The Labute approximate surface area is 79.6 Å². The van der Waals surface area contributed by atoms with Crippen LogP contribution in [0.2, 0.25) is 0 Å². The standard InChI is InChI=1S/C10H19NO2/c1-10(2,11)7-6-9(12)13-8-4-3-5-8/h8H,3-7,11H2,1-2H3. The molecule has 0 atom stereocenters. The molecule has 76 valence electrons. The second-order valence-electron chi connectivity index (χ2n) is 4.53. The molecule has 0 bridgehead atoms. The molecule has 1 saturated carbocycles. The van der Waals surface area contributed by atoms with E-state index in [0.29, 0.717) is 12.8 Å². The second kappa shape index (κ2) is 4.09. The third-order valence-corrected chi connectivity index (χ3v) is 2.32. The highest BCUT2D eigenvalue weighted by atomic mass is 16.5. The predicted octanol–water partition coefficient (Wildman–Crippen LogP) is 1.60. The molecular formula is C10H19NO2. The van der Waals surface area contributed by atoms with E-state index < -0.39 is 0 Å². The first kappa shape index (κ1) is 10.5. The summed E-state index contributed by atoms with van der Waals surface area (Å²) in [7, 11) is 0. The van der Waals surface area contributed by atoms with E-state index >= 15 is 0 Å². The van der Waals surface area contributed by atoms with Crippen LogP contribution in [0.4, 0.5) is 0 Å². The van der Waals surface area contributed by atoms with Crippen LogP contribution in [0.5, 0.6) is 0 Å². The van der Waals surface area contributed by atoms with E-state index in [1.54, 1.807) is 0 Å². The predicted molar refractivity (Wildman–Crippen MR) is 51.2 cm³/mol. The first-order chi connectivity index (χ1) is 5.97. The van der Waals surface area contributed by atoms with Gasteiger partial charge < -0.3 is 10.5 Å². The number of hydrogen-bond donors (Lipinski definition) is 1. The molecule has 0 heterocycles. The van der Waals surface area contributed by atoms with Crippen LogP contribution >= 0.6 is 0 Å². The van der Waals surface area contributed by atoms with Crippen LogP contribution in [-0.4, -0.2) is 17.6 Å². The molecule has 0 aliphatic heterocycles. The zero-order valence-electron chi connectivity index (χ0n) is 8.51. The van der Waals surface area contributed by atoms with Gasteiger partial charge in [0.25, 0.3) is 0 Å². The van der Waals surface area contributed by atoms with Gasteiger partial charge in [0.1, 0.15) is 6.10 Å². The van der Waals surface area contributed by atoms with Gasteiger partial charge in [-0.25, -0.2) is 0 Å². The van der Waals surface area contributed by atoms with Crippen LogP contribution in [0.3, 0.4) is 0 Å². The number of nitrogens with two attached hydrogens (primary N) is 1. The van der Waals surface area contributed by atoms with E-state index in [0.717, 1.165) is 12.8 Å². The summed E-state index contributed by atoms with van der Waals surface area (Å²) in [6.07, 6.45) is 4.61. The van der Waals surface area contributed by atoms with Crippen molar-refractivity contribution in [1.29, 1.82) is 0 Å². The van der Waals surface area contributed by atoms with Gasteiger partial charge in [-0.2, -0.15) is 0 Å².